The summed E-state index contributed by atoms with van der Waals surface area (Å²) in [7, 11) is 1.60. The van der Waals surface area contributed by atoms with Gasteiger partial charge in [0.25, 0.3) is 0 Å². The normalized spacial score (nSPS) is 11.5. The van der Waals surface area contributed by atoms with Crippen molar-refractivity contribution < 1.29 is 4.79 Å². The molecule has 0 aromatic heterocycles. The molecule has 0 heterocycles. The van der Waals surface area contributed by atoms with Crippen LogP contribution in [0.1, 0.15) is 12.5 Å². The highest BCUT2D eigenvalue weighted by Gasteiger charge is 2.11. The summed E-state index contributed by atoms with van der Waals surface area (Å²) in [5, 5.41) is 6.68. The molecule has 0 aliphatic heterocycles. The van der Waals surface area contributed by atoms with Crippen molar-refractivity contribution in [1.29, 1.82) is 0 Å². The molecule has 0 radical (unpaired) electrons. The van der Waals surface area contributed by atoms with Gasteiger partial charge in [0.05, 0.1) is 16.1 Å². The predicted molar refractivity (Wildman–Crippen MR) is 74.1 cm³/mol. The maximum atomic E-state index is 11.3. The number of carbonyl (C=O) groups is 1. The van der Waals surface area contributed by atoms with Crippen LogP contribution in [-0.2, 0) is 11.3 Å². The Morgan fingerprint density at radius 1 is 1.41 bits per heavy atom. The highest BCUT2D eigenvalue weighted by Crippen LogP contribution is 2.25. The molecule has 0 spiro atoms. The Morgan fingerprint density at radius 2 is 2.06 bits per heavy atom. The molecule has 1 aromatic rings. The second-order valence-corrected chi connectivity index (χ2v) is 4.21. The lowest BCUT2D eigenvalue weighted by molar-refractivity contribution is -0.122. The SMILES string of the molecule is CNC(=O)[C@@H](C)NCc1cccc(Cl)c1Cl.Cl. The summed E-state index contributed by atoms with van der Waals surface area (Å²) in [5.74, 6) is -0.0573. The minimum Gasteiger partial charge on any atom is -0.358 e. The van der Waals surface area contributed by atoms with Crippen molar-refractivity contribution >= 4 is 41.5 Å². The zero-order valence-corrected chi connectivity index (χ0v) is 11.9. The fraction of sp³-hybridized carbons (Fsp3) is 0.364. The first-order valence-electron chi connectivity index (χ1n) is 4.94. The minimum absolute atomic E-state index is 0. The lowest BCUT2D eigenvalue weighted by Gasteiger charge is -2.13. The molecule has 17 heavy (non-hydrogen) atoms. The first-order valence-corrected chi connectivity index (χ1v) is 5.69. The lowest BCUT2D eigenvalue weighted by Crippen LogP contribution is -2.40. The van der Waals surface area contributed by atoms with Crippen LogP contribution in [0.3, 0.4) is 0 Å². The monoisotopic (exact) mass is 296 g/mol. The molecule has 0 aliphatic rings. The maximum absolute atomic E-state index is 11.3. The predicted octanol–water partition coefficient (Wildman–Crippen LogP) is 2.64. The fourth-order valence-electron chi connectivity index (χ4n) is 1.26. The molecular formula is C11H15Cl3N2O. The summed E-state index contributed by atoms with van der Waals surface area (Å²) in [6.45, 7) is 2.30. The van der Waals surface area contributed by atoms with Crippen molar-refractivity contribution in [2.24, 2.45) is 0 Å². The molecule has 0 saturated heterocycles. The van der Waals surface area contributed by atoms with E-state index in [1.54, 1.807) is 20.0 Å². The summed E-state index contributed by atoms with van der Waals surface area (Å²) in [4.78, 5) is 11.3. The van der Waals surface area contributed by atoms with Crippen LogP contribution in [0.2, 0.25) is 10.0 Å². The highest BCUT2D eigenvalue weighted by atomic mass is 35.5. The molecule has 0 unspecified atom stereocenters. The van der Waals surface area contributed by atoms with Gasteiger partial charge >= 0.3 is 0 Å². The molecule has 1 aromatic carbocycles. The van der Waals surface area contributed by atoms with E-state index in [1.807, 2.05) is 12.1 Å². The van der Waals surface area contributed by atoms with Crippen molar-refractivity contribution in [2.45, 2.75) is 19.5 Å². The fourth-order valence-corrected chi connectivity index (χ4v) is 1.64. The van der Waals surface area contributed by atoms with Gasteiger partial charge in [-0.25, -0.2) is 0 Å². The summed E-state index contributed by atoms with van der Waals surface area (Å²) in [5.41, 5.74) is 0.880. The van der Waals surface area contributed by atoms with Crippen LogP contribution in [0.25, 0.3) is 0 Å². The smallest absolute Gasteiger partial charge is 0.236 e. The summed E-state index contributed by atoms with van der Waals surface area (Å²) < 4.78 is 0. The number of nitrogens with one attached hydrogen (secondary N) is 2. The molecule has 0 bridgehead atoms. The Morgan fingerprint density at radius 3 is 2.65 bits per heavy atom. The van der Waals surface area contributed by atoms with Gasteiger partial charge in [0.2, 0.25) is 5.91 Å². The zero-order chi connectivity index (χ0) is 12.1. The number of amides is 1. The van der Waals surface area contributed by atoms with Gasteiger partial charge in [-0.15, -0.1) is 12.4 Å². The lowest BCUT2D eigenvalue weighted by atomic mass is 10.2. The second-order valence-electron chi connectivity index (χ2n) is 3.43. The van der Waals surface area contributed by atoms with Gasteiger partial charge in [-0.3, -0.25) is 4.79 Å². The first-order chi connectivity index (χ1) is 7.56. The van der Waals surface area contributed by atoms with Crippen LogP contribution in [-0.4, -0.2) is 19.0 Å². The van der Waals surface area contributed by atoms with Crippen LogP contribution in [0, 0.1) is 0 Å². The molecular weight excluding hydrogens is 282 g/mol. The summed E-state index contributed by atoms with van der Waals surface area (Å²) in [6.07, 6.45) is 0. The number of hydrogen-bond acceptors (Lipinski definition) is 2. The van der Waals surface area contributed by atoms with E-state index in [2.05, 4.69) is 10.6 Å². The molecule has 0 saturated carbocycles. The third kappa shape index (κ3) is 4.72. The standard InChI is InChI=1S/C11H14Cl2N2O.ClH/c1-7(11(16)14-2)15-6-8-4-3-5-9(12)10(8)13;/h3-5,7,15H,6H2,1-2H3,(H,14,16);1H/t7-;/m1./s1. The Kier molecular flexibility index (Phi) is 7.55. The van der Waals surface area contributed by atoms with E-state index in [0.29, 0.717) is 16.6 Å². The van der Waals surface area contributed by atoms with Crippen LogP contribution in [0.4, 0.5) is 0 Å². The van der Waals surface area contributed by atoms with E-state index >= 15 is 0 Å². The Labute approximate surface area is 117 Å². The van der Waals surface area contributed by atoms with Crippen molar-refractivity contribution in [3.63, 3.8) is 0 Å². The highest BCUT2D eigenvalue weighted by molar-refractivity contribution is 6.42. The Hall–Kier alpha value is -0.480. The average molecular weight is 298 g/mol. The third-order valence-electron chi connectivity index (χ3n) is 2.27. The number of rotatable bonds is 4. The maximum Gasteiger partial charge on any atom is 0.236 e. The Bertz CT molecular complexity index is 385. The summed E-state index contributed by atoms with van der Waals surface area (Å²) >= 11 is 11.9. The van der Waals surface area contributed by atoms with Gasteiger partial charge in [-0.1, -0.05) is 35.3 Å². The van der Waals surface area contributed by atoms with Crippen LogP contribution in [0.5, 0.6) is 0 Å². The number of carbonyl (C=O) groups excluding carboxylic acids is 1. The molecule has 3 nitrogen and oxygen atoms in total. The van der Waals surface area contributed by atoms with Crippen LogP contribution in [0.15, 0.2) is 18.2 Å². The Balaban J connectivity index is 0.00000256. The number of halogens is 3. The van der Waals surface area contributed by atoms with E-state index in [9.17, 15) is 4.79 Å². The van der Waals surface area contributed by atoms with E-state index in [0.717, 1.165) is 5.56 Å². The summed E-state index contributed by atoms with van der Waals surface area (Å²) in [6, 6.07) is 5.17. The molecule has 0 aliphatic carbocycles. The zero-order valence-electron chi connectivity index (χ0n) is 9.59. The van der Waals surface area contributed by atoms with E-state index < -0.39 is 0 Å². The molecule has 6 heteroatoms. The van der Waals surface area contributed by atoms with Crippen molar-refractivity contribution in [2.75, 3.05) is 7.05 Å². The van der Waals surface area contributed by atoms with Gasteiger partial charge < -0.3 is 10.6 Å². The van der Waals surface area contributed by atoms with Crippen molar-refractivity contribution in [3.8, 4) is 0 Å². The van der Waals surface area contributed by atoms with Gasteiger partial charge in [0, 0.05) is 13.6 Å². The number of benzene rings is 1. The third-order valence-corrected chi connectivity index (χ3v) is 3.13. The van der Waals surface area contributed by atoms with Crippen LogP contribution >= 0.6 is 35.6 Å². The molecule has 1 atom stereocenters. The van der Waals surface area contributed by atoms with Gasteiger partial charge in [-0.2, -0.15) is 0 Å². The quantitative estimate of drug-likeness (QED) is 0.897. The van der Waals surface area contributed by atoms with Gasteiger partial charge in [0.15, 0.2) is 0 Å². The minimum atomic E-state index is -0.264. The van der Waals surface area contributed by atoms with Gasteiger partial charge in [0.1, 0.15) is 0 Å². The van der Waals surface area contributed by atoms with E-state index in [1.165, 1.54) is 0 Å². The molecule has 1 rings (SSSR count). The molecule has 1 amide bonds. The number of likely N-dealkylation sites (N-methyl/N-ethyl adjacent to an activating group) is 1. The van der Waals surface area contributed by atoms with Gasteiger partial charge in [-0.05, 0) is 18.6 Å². The van der Waals surface area contributed by atoms with Crippen molar-refractivity contribution in [3.05, 3.63) is 33.8 Å². The van der Waals surface area contributed by atoms with E-state index in [-0.39, 0.29) is 24.4 Å². The molecule has 2 N–H and O–H groups in total. The molecule has 96 valence electrons. The van der Waals surface area contributed by atoms with Crippen LogP contribution < -0.4 is 10.6 Å². The number of hydrogen-bond donors (Lipinski definition) is 2. The topological polar surface area (TPSA) is 41.1 Å². The second kappa shape index (κ2) is 7.77. The largest absolute Gasteiger partial charge is 0.358 e. The first kappa shape index (κ1) is 16.5. The van der Waals surface area contributed by atoms with E-state index in [4.69, 9.17) is 23.2 Å². The molecule has 0 fully saturated rings. The van der Waals surface area contributed by atoms with Crippen molar-refractivity contribution in [1.82, 2.24) is 10.6 Å². The average Bonchev–Trinajstić information content (AvgIpc) is 2.29.